The van der Waals surface area contributed by atoms with E-state index >= 15 is 0 Å². The average molecular weight is 545 g/mol. The summed E-state index contributed by atoms with van der Waals surface area (Å²) in [6, 6.07) is 12.6. The molecule has 0 radical (unpaired) electrons. The van der Waals surface area contributed by atoms with Crippen LogP contribution in [0.25, 0.3) is 10.8 Å². The van der Waals surface area contributed by atoms with E-state index in [9.17, 15) is 16.8 Å². The molecule has 1 saturated heterocycles. The number of hydrogen-bond donors (Lipinski definition) is 2. The van der Waals surface area contributed by atoms with E-state index in [2.05, 4.69) is 15.0 Å². The first-order valence-electron chi connectivity index (χ1n) is 12.5. The van der Waals surface area contributed by atoms with E-state index in [1.54, 1.807) is 55.7 Å². The Morgan fingerprint density at radius 2 is 1.70 bits per heavy atom. The van der Waals surface area contributed by atoms with Gasteiger partial charge in [-0.05, 0) is 71.2 Å². The van der Waals surface area contributed by atoms with Crippen molar-refractivity contribution in [3.05, 3.63) is 66.0 Å². The van der Waals surface area contributed by atoms with Crippen LogP contribution in [0.5, 0.6) is 0 Å². The van der Waals surface area contributed by atoms with Crippen molar-refractivity contribution >= 4 is 36.5 Å². The van der Waals surface area contributed by atoms with Crippen molar-refractivity contribution in [3.8, 4) is 0 Å². The maximum Gasteiger partial charge on any atom is 0.241 e. The molecule has 0 bridgehead atoms. The Bertz CT molecular complexity index is 1490. The van der Waals surface area contributed by atoms with Gasteiger partial charge >= 0.3 is 0 Å². The molecule has 0 spiro atoms. The molecule has 1 unspecified atom stereocenters. The average Bonchev–Trinajstić information content (AvgIpc) is 2.83. The van der Waals surface area contributed by atoms with Crippen LogP contribution in [0.3, 0.4) is 0 Å². The number of anilines is 1. The number of fused-ring (bicyclic) bond motifs is 1. The third-order valence-corrected chi connectivity index (χ3v) is 11.1. The Balaban J connectivity index is 1.54. The third-order valence-electron chi connectivity index (χ3n) is 6.87. The molecule has 2 heterocycles. The van der Waals surface area contributed by atoms with Crippen LogP contribution in [0.1, 0.15) is 57.7 Å². The normalized spacial score (nSPS) is 17.1. The molecule has 200 valence electrons. The predicted molar refractivity (Wildman–Crippen MR) is 149 cm³/mol. The molecule has 10 heteroatoms. The maximum atomic E-state index is 13.4. The predicted octanol–water partition coefficient (Wildman–Crippen LogP) is 4.59. The van der Waals surface area contributed by atoms with Crippen molar-refractivity contribution in [1.82, 2.24) is 14.0 Å². The minimum absolute atomic E-state index is 0.0664. The molecule has 1 aromatic heterocycles. The van der Waals surface area contributed by atoms with E-state index in [-0.39, 0.29) is 10.9 Å². The van der Waals surface area contributed by atoms with Crippen LogP contribution in [0.2, 0.25) is 0 Å². The molecule has 0 amide bonds. The second-order valence-corrected chi connectivity index (χ2v) is 15.1. The molecule has 4 rings (SSSR count). The lowest BCUT2D eigenvalue weighted by Crippen LogP contribution is -2.48. The van der Waals surface area contributed by atoms with Gasteiger partial charge in [0.15, 0.2) is 0 Å². The number of pyridine rings is 1. The molecular weight excluding hydrogens is 508 g/mol. The summed E-state index contributed by atoms with van der Waals surface area (Å²) in [5.41, 5.74) is 2.75. The second kappa shape index (κ2) is 10.3. The lowest BCUT2D eigenvalue weighted by atomic mass is 10.0. The summed E-state index contributed by atoms with van der Waals surface area (Å²) in [7, 11) is -7.18. The zero-order chi connectivity index (χ0) is 27.0. The maximum absolute atomic E-state index is 13.4. The lowest BCUT2D eigenvalue weighted by molar-refractivity contribution is 0.321. The first kappa shape index (κ1) is 27.5. The van der Waals surface area contributed by atoms with E-state index in [1.807, 2.05) is 38.1 Å². The fourth-order valence-electron chi connectivity index (χ4n) is 4.67. The Labute approximate surface area is 220 Å². The summed E-state index contributed by atoms with van der Waals surface area (Å²) >= 11 is 0. The van der Waals surface area contributed by atoms with Crippen molar-refractivity contribution in [3.63, 3.8) is 0 Å². The number of nitrogens with one attached hydrogen (secondary N) is 2. The SMILES string of the molecule is Cc1cccc(C(C)NS(=O)(=O)c2ccc(NC3CCN(S(=O)(=O)C(C)(C)C)CC3)c3cnccc23)c1. The Hall–Kier alpha value is -2.53. The molecule has 2 N–H and O–H groups in total. The standard InChI is InChI=1S/C27H36N4O4S2/c1-19-7-6-8-21(17-19)20(2)30-36(32,33)26-10-9-25(24-18-28-14-11-23(24)26)29-22-12-15-31(16-13-22)37(34,35)27(3,4)5/h6-11,14,17-18,20,22,29-30H,12-13,15-16H2,1-5H3. The fourth-order valence-corrected chi connectivity index (χ4v) is 7.58. The van der Waals surface area contributed by atoms with E-state index < -0.39 is 30.8 Å². The van der Waals surface area contributed by atoms with E-state index in [0.29, 0.717) is 36.7 Å². The highest BCUT2D eigenvalue weighted by Gasteiger charge is 2.37. The van der Waals surface area contributed by atoms with Gasteiger partial charge in [0, 0.05) is 54.0 Å². The van der Waals surface area contributed by atoms with Crippen molar-refractivity contribution in [2.45, 2.75) is 69.2 Å². The molecule has 1 aliphatic rings. The van der Waals surface area contributed by atoms with Gasteiger partial charge in [-0.25, -0.2) is 25.9 Å². The van der Waals surface area contributed by atoms with Crippen molar-refractivity contribution < 1.29 is 16.8 Å². The number of piperidine rings is 1. The van der Waals surface area contributed by atoms with Crippen LogP contribution in [0.15, 0.2) is 59.8 Å². The summed E-state index contributed by atoms with van der Waals surface area (Å²) in [4.78, 5) is 4.43. The van der Waals surface area contributed by atoms with Crippen LogP contribution >= 0.6 is 0 Å². The van der Waals surface area contributed by atoms with Crippen molar-refractivity contribution in [2.75, 3.05) is 18.4 Å². The van der Waals surface area contributed by atoms with Gasteiger partial charge in [0.25, 0.3) is 0 Å². The smallest absolute Gasteiger partial charge is 0.241 e. The highest BCUT2D eigenvalue weighted by Crippen LogP contribution is 2.32. The molecule has 3 aromatic rings. The summed E-state index contributed by atoms with van der Waals surface area (Å²) < 4.78 is 56.0. The van der Waals surface area contributed by atoms with Gasteiger partial charge < -0.3 is 5.32 Å². The first-order valence-corrected chi connectivity index (χ1v) is 15.4. The highest BCUT2D eigenvalue weighted by molar-refractivity contribution is 7.90. The molecule has 37 heavy (non-hydrogen) atoms. The van der Waals surface area contributed by atoms with Crippen LogP contribution < -0.4 is 10.0 Å². The number of benzene rings is 2. The van der Waals surface area contributed by atoms with Gasteiger partial charge in [0.1, 0.15) is 0 Å². The highest BCUT2D eigenvalue weighted by atomic mass is 32.2. The number of nitrogens with zero attached hydrogens (tertiary/aromatic N) is 2. The Morgan fingerprint density at radius 1 is 1.00 bits per heavy atom. The van der Waals surface area contributed by atoms with Crippen LogP contribution in [-0.4, -0.2) is 50.0 Å². The minimum atomic E-state index is -3.81. The second-order valence-electron chi connectivity index (χ2n) is 10.7. The van der Waals surface area contributed by atoms with Gasteiger partial charge in [-0.3, -0.25) is 4.98 Å². The van der Waals surface area contributed by atoms with E-state index in [0.717, 1.165) is 16.8 Å². The molecule has 0 aliphatic carbocycles. The first-order chi connectivity index (χ1) is 17.3. The largest absolute Gasteiger partial charge is 0.382 e. The Kier molecular flexibility index (Phi) is 7.67. The van der Waals surface area contributed by atoms with E-state index in [1.165, 1.54) is 0 Å². The molecule has 2 aromatic carbocycles. The van der Waals surface area contributed by atoms with Crippen LogP contribution in [-0.2, 0) is 20.0 Å². The van der Waals surface area contributed by atoms with Crippen LogP contribution in [0, 0.1) is 6.92 Å². The van der Waals surface area contributed by atoms with Crippen molar-refractivity contribution in [1.29, 1.82) is 0 Å². The lowest BCUT2D eigenvalue weighted by Gasteiger charge is -2.36. The molecule has 1 atom stereocenters. The third kappa shape index (κ3) is 5.82. The number of sulfonamides is 2. The fraction of sp³-hybridized carbons (Fsp3) is 0.444. The van der Waals surface area contributed by atoms with E-state index in [4.69, 9.17) is 0 Å². The quantitative estimate of drug-likeness (QED) is 0.451. The summed E-state index contributed by atoms with van der Waals surface area (Å²) in [6.07, 6.45) is 4.57. The number of aryl methyl sites for hydroxylation is 1. The molecule has 8 nitrogen and oxygen atoms in total. The molecule has 0 saturated carbocycles. The van der Waals surface area contributed by atoms with Gasteiger partial charge in [-0.15, -0.1) is 0 Å². The van der Waals surface area contributed by atoms with Gasteiger partial charge in [-0.2, -0.15) is 0 Å². The summed E-state index contributed by atoms with van der Waals surface area (Å²) in [5, 5.41) is 4.80. The number of rotatable bonds is 7. The summed E-state index contributed by atoms with van der Waals surface area (Å²) in [5.74, 6) is 0. The zero-order valence-corrected chi connectivity index (χ0v) is 23.7. The topological polar surface area (TPSA) is 108 Å². The van der Waals surface area contributed by atoms with Gasteiger partial charge in [0.2, 0.25) is 20.0 Å². The molecular formula is C27H36N4O4S2. The molecule has 1 fully saturated rings. The summed E-state index contributed by atoms with van der Waals surface area (Å²) in [6.45, 7) is 9.86. The Morgan fingerprint density at radius 3 is 2.35 bits per heavy atom. The zero-order valence-electron chi connectivity index (χ0n) is 22.0. The number of hydrogen-bond acceptors (Lipinski definition) is 6. The molecule has 1 aliphatic heterocycles. The van der Waals surface area contributed by atoms with Crippen LogP contribution in [0.4, 0.5) is 5.69 Å². The minimum Gasteiger partial charge on any atom is -0.382 e. The monoisotopic (exact) mass is 544 g/mol. The van der Waals surface area contributed by atoms with Crippen molar-refractivity contribution in [2.24, 2.45) is 0 Å². The van der Waals surface area contributed by atoms with Gasteiger partial charge in [0.05, 0.1) is 9.64 Å². The van der Waals surface area contributed by atoms with Gasteiger partial charge in [-0.1, -0.05) is 29.8 Å². The number of aromatic nitrogens is 1.